The molecule has 1 aromatic carbocycles. The molecule has 0 bridgehead atoms. The fourth-order valence-electron chi connectivity index (χ4n) is 2.63. The maximum Gasteiger partial charge on any atom is 0.0953 e. The summed E-state index contributed by atoms with van der Waals surface area (Å²) < 4.78 is 5.25. The van der Waals surface area contributed by atoms with Crippen LogP contribution >= 0.6 is 0 Å². The highest BCUT2D eigenvalue weighted by molar-refractivity contribution is 5.83. The van der Waals surface area contributed by atoms with Crippen molar-refractivity contribution in [2.45, 2.75) is 19.9 Å². The van der Waals surface area contributed by atoms with Gasteiger partial charge in [0, 0.05) is 16.6 Å². The summed E-state index contributed by atoms with van der Waals surface area (Å²) in [5.41, 5.74) is 4.46. The molecule has 0 radical (unpaired) electrons. The van der Waals surface area contributed by atoms with Crippen molar-refractivity contribution in [2.24, 2.45) is 0 Å². The maximum atomic E-state index is 5.25. The molecule has 0 aliphatic carbocycles. The normalized spacial score (nSPS) is 12.7. The van der Waals surface area contributed by atoms with E-state index in [4.69, 9.17) is 4.42 Å². The van der Waals surface area contributed by atoms with E-state index in [2.05, 4.69) is 41.5 Å². The molecular weight excluding hydrogens is 248 g/mol. The molecule has 0 aliphatic heterocycles. The zero-order chi connectivity index (χ0) is 13.9. The topological polar surface area (TPSA) is 38.1 Å². The predicted molar refractivity (Wildman–Crippen MR) is 80.7 cm³/mol. The highest BCUT2D eigenvalue weighted by Gasteiger charge is 2.17. The van der Waals surface area contributed by atoms with Crippen molar-refractivity contribution < 1.29 is 4.42 Å². The summed E-state index contributed by atoms with van der Waals surface area (Å²) >= 11 is 0. The number of hydrogen-bond donors (Lipinski definition) is 1. The van der Waals surface area contributed by atoms with E-state index in [1.54, 1.807) is 12.5 Å². The molecule has 0 aliphatic rings. The average molecular weight is 266 g/mol. The highest BCUT2D eigenvalue weighted by atomic mass is 16.3. The first-order chi connectivity index (χ1) is 9.79. The molecule has 1 N–H and O–H groups in total. The van der Waals surface area contributed by atoms with Gasteiger partial charge in [0.25, 0.3) is 0 Å². The number of fused-ring (bicyclic) bond motifs is 1. The van der Waals surface area contributed by atoms with Crippen LogP contribution < -0.4 is 5.32 Å². The summed E-state index contributed by atoms with van der Waals surface area (Å²) in [6.07, 6.45) is 3.52. The van der Waals surface area contributed by atoms with Gasteiger partial charge < -0.3 is 9.73 Å². The lowest BCUT2D eigenvalue weighted by Gasteiger charge is -2.19. The van der Waals surface area contributed by atoms with E-state index in [9.17, 15) is 0 Å². The van der Waals surface area contributed by atoms with Crippen molar-refractivity contribution in [2.75, 3.05) is 6.54 Å². The van der Waals surface area contributed by atoms with E-state index in [-0.39, 0.29) is 6.04 Å². The monoisotopic (exact) mass is 266 g/mol. The minimum absolute atomic E-state index is 0.130. The van der Waals surface area contributed by atoms with Crippen molar-refractivity contribution >= 4 is 10.9 Å². The average Bonchev–Trinajstić information content (AvgIpc) is 2.98. The number of nitrogens with zero attached hydrogens (tertiary/aromatic N) is 1. The molecule has 3 rings (SSSR count). The molecule has 0 saturated heterocycles. The van der Waals surface area contributed by atoms with E-state index in [1.807, 2.05) is 19.1 Å². The van der Waals surface area contributed by atoms with Gasteiger partial charge in [-0.25, -0.2) is 0 Å². The molecule has 2 aromatic heterocycles. The van der Waals surface area contributed by atoms with Crippen LogP contribution in [-0.4, -0.2) is 11.5 Å². The number of nitrogens with one attached hydrogen (secondary N) is 1. The predicted octanol–water partition coefficient (Wildman–Crippen LogP) is 3.84. The van der Waals surface area contributed by atoms with Crippen molar-refractivity contribution in [1.82, 2.24) is 10.3 Å². The van der Waals surface area contributed by atoms with Gasteiger partial charge in [0.2, 0.25) is 0 Å². The lowest BCUT2D eigenvalue weighted by molar-refractivity contribution is 0.553. The second kappa shape index (κ2) is 5.47. The zero-order valence-electron chi connectivity index (χ0n) is 11.8. The first kappa shape index (κ1) is 12.9. The van der Waals surface area contributed by atoms with Gasteiger partial charge in [-0.3, -0.25) is 4.98 Å². The lowest BCUT2D eigenvalue weighted by atomic mass is 9.96. The second-order valence-electron chi connectivity index (χ2n) is 4.92. The minimum Gasteiger partial charge on any atom is -0.472 e. The standard InChI is InChI=1S/C17H18N2O/c1-3-18-17(13-8-9-20-11-13)15-10-12(2)19-16-7-5-4-6-14(15)16/h4-11,17-18H,3H2,1-2H3. The molecule has 102 valence electrons. The molecule has 0 spiro atoms. The number of furan rings is 1. The fraction of sp³-hybridized carbons (Fsp3) is 0.235. The maximum absolute atomic E-state index is 5.25. The second-order valence-corrected chi connectivity index (χ2v) is 4.92. The minimum atomic E-state index is 0.130. The van der Waals surface area contributed by atoms with Gasteiger partial charge in [0.05, 0.1) is 24.1 Å². The summed E-state index contributed by atoms with van der Waals surface area (Å²) in [5, 5.41) is 4.72. The van der Waals surface area contributed by atoms with Crippen LogP contribution in [-0.2, 0) is 0 Å². The van der Waals surface area contributed by atoms with Gasteiger partial charge in [-0.2, -0.15) is 0 Å². The summed E-state index contributed by atoms with van der Waals surface area (Å²) in [7, 11) is 0. The van der Waals surface area contributed by atoms with Gasteiger partial charge in [-0.05, 0) is 37.2 Å². The van der Waals surface area contributed by atoms with Crippen LogP contribution in [0.25, 0.3) is 10.9 Å². The van der Waals surface area contributed by atoms with Crippen LogP contribution in [0, 0.1) is 6.92 Å². The van der Waals surface area contributed by atoms with Crippen LogP contribution in [0.3, 0.4) is 0 Å². The number of benzene rings is 1. The number of aromatic nitrogens is 1. The van der Waals surface area contributed by atoms with Crippen LogP contribution in [0.5, 0.6) is 0 Å². The fourth-order valence-corrected chi connectivity index (χ4v) is 2.63. The van der Waals surface area contributed by atoms with Crippen LogP contribution in [0.2, 0.25) is 0 Å². The first-order valence-corrected chi connectivity index (χ1v) is 6.91. The molecule has 3 heteroatoms. The van der Waals surface area contributed by atoms with Gasteiger partial charge >= 0.3 is 0 Å². The molecule has 0 saturated carbocycles. The molecule has 20 heavy (non-hydrogen) atoms. The van der Waals surface area contributed by atoms with E-state index >= 15 is 0 Å². The summed E-state index contributed by atoms with van der Waals surface area (Å²) in [6.45, 7) is 5.04. The first-order valence-electron chi connectivity index (χ1n) is 6.91. The van der Waals surface area contributed by atoms with Gasteiger partial charge in [0.1, 0.15) is 0 Å². The van der Waals surface area contributed by atoms with E-state index in [0.717, 1.165) is 23.3 Å². The molecule has 1 unspecified atom stereocenters. The Balaban J connectivity index is 2.20. The quantitative estimate of drug-likeness (QED) is 0.779. The molecule has 0 amide bonds. The Morgan fingerprint density at radius 2 is 2.10 bits per heavy atom. The third-order valence-electron chi connectivity index (χ3n) is 3.47. The molecule has 2 heterocycles. The number of para-hydroxylation sites is 1. The van der Waals surface area contributed by atoms with Gasteiger partial charge in [-0.1, -0.05) is 25.1 Å². The van der Waals surface area contributed by atoms with Crippen molar-refractivity contribution in [3.63, 3.8) is 0 Å². The van der Waals surface area contributed by atoms with E-state index in [1.165, 1.54) is 10.9 Å². The van der Waals surface area contributed by atoms with Crippen LogP contribution in [0.1, 0.15) is 29.8 Å². The summed E-state index contributed by atoms with van der Waals surface area (Å²) in [5.74, 6) is 0. The Labute approximate surface area is 118 Å². The Bertz CT molecular complexity index is 704. The third kappa shape index (κ3) is 2.32. The Kier molecular flexibility index (Phi) is 3.52. The number of pyridine rings is 1. The van der Waals surface area contributed by atoms with Crippen molar-refractivity contribution in [1.29, 1.82) is 0 Å². The van der Waals surface area contributed by atoms with Gasteiger partial charge in [0.15, 0.2) is 0 Å². The smallest absolute Gasteiger partial charge is 0.0953 e. The van der Waals surface area contributed by atoms with Crippen molar-refractivity contribution in [3.05, 3.63) is 65.7 Å². The largest absolute Gasteiger partial charge is 0.472 e. The van der Waals surface area contributed by atoms with Crippen LogP contribution in [0.15, 0.2) is 53.3 Å². The SMILES string of the molecule is CCNC(c1ccoc1)c1cc(C)nc2ccccc12. The number of rotatable bonds is 4. The van der Waals surface area contributed by atoms with Crippen LogP contribution in [0.4, 0.5) is 0 Å². The highest BCUT2D eigenvalue weighted by Crippen LogP contribution is 2.29. The van der Waals surface area contributed by atoms with Crippen molar-refractivity contribution in [3.8, 4) is 0 Å². The molecule has 3 nitrogen and oxygen atoms in total. The molecular formula is C17H18N2O. The van der Waals surface area contributed by atoms with E-state index < -0.39 is 0 Å². The number of aryl methyl sites for hydroxylation is 1. The summed E-state index contributed by atoms with van der Waals surface area (Å²) in [4.78, 5) is 4.61. The lowest BCUT2D eigenvalue weighted by Crippen LogP contribution is -2.22. The zero-order valence-corrected chi connectivity index (χ0v) is 11.8. The Morgan fingerprint density at radius 1 is 1.25 bits per heavy atom. The van der Waals surface area contributed by atoms with Gasteiger partial charge in [-0.15, -0.1) is 0 Å². The molecule has 1 atom stereocenters. The summed E-state index contributed by atoms with van der Waals surface area (Å²) in [6, 6.07) is 12.6. The number of hydrogen-bond acceptors (Lipinski definition) is 3. The molecule has 3 aromatic rings. The Hall–Kier alpha value is -2.13. The third-order valence-corrected chi connectivity index (χ3v) is 3.47. The van der Waals surface area contributed by atoms with E-state index in [0.29, 0.717) is 0 Å². The Morgan fingerprint density at radius 3 is 2.85 bits per heavy atom. The molecule has 0 fully saturated rings.